The Balaban J connectivity index is 1.45. The molecule has 1 amide bonds. The fraction of sp³-hybridized carbons (Fsp3) is 0.452. The number of nitrogens with one attached hydrogen (secondary N) is 1. The van der Waals surface area contributed by atoms with Crippen molar-refractivity contribution in [1.29, 1.82) is 0 Å². The van der Waals surface area contributed by atoms with E-state index < -0.39 is 0 Å². The second-order valence-electron chi connectivity index (χ2n) is 11.4. The number of carbonyl (C=O) groups is 1. The zero-order valence-electron chi connectivity index (χ0n) is 24.0. The van der Waals surface area contributed by atoms with Crippen molar-refractivity contribution in [2.75, 3.05) is 49.6 Å². The van der Waals surface area contributed by atoms with Gasteiger partial charge in [-0.1, -0.05) is 58.5 Å². The molecule has 208 valence electrons. The van der Waals surface area contributed by atoms with E-state index in [1.807, 2.05) is 30.3 Å². The highest BCUT2D eigenvalue weighted by Crippen LogP contribution is 2.30. The number of methoxy groups -OCH3 is 1. The third-order valence-corrected chi connectivity index (χ3v) is 7.65. The molecule has 1 aromatic heterocycles. The maximum absolute atomic E-state index is 12.5. The van der Waals surface area contributed by atoms with E-state index in [-0.39, 0.29) is 11.3 Å². The van der Waals surface area contributed by atoms with Gasteiger partial charge in [0.1, 0.15) is 11.6 Å². The van der Waals surface area contributed by atoms with Gasteiger partial charge in [0.05, 0.1) is 12.8 Å². The first kappa shape index (κ1) is 28.7. The van der Waals surface area contributed by atoms with Crippen LogP contribution in [0.25, 0.3) is 0 Å². The van der Waals surface area contributed by atoms with E-state index in [1.54, 1.807) is 18.9 Å². The Morgan fingerprint density at radius 2 is 1.69 bits per heavy atom. The topological polar surface area (TPSA) is 70.6 Å². The molecule has 2 aromatic carbocycles. The Labute approximate surface area is 237 Å². The summed E-state index contributed by atoms with van der Waals surface area (Å²) in [6.07, 6.45) is 0. The molecular formula is C31H41N5O2S. The van der Waals surface area contributed by atoms with E-state index in [9.17, 15) is 4.79 Å². The molecule has 1 aliphatic heterocycles. The van der Waals surface area contributed by atoms with Gasteiger partial charge in [-0.15, -0.1) is 0 Å². The van der Waals surface area contributed by atoms with Crippen LogP contribution in [0.5, 0.6) is 5.75 Å². The molecule has 1 saturated heterocycles. The minimum absolute atomic E-state index is 0.0300. The van der Waals surface area contributed by atoms with Crippen LogP contribution in [-0.4, -0.2) is 55.7 Å². The van der Waals surface area contributed by atoms with Gasteiger partial charge in [0.2, 0.25) is 0 Å². The van der Waals surface area contributed by atoms with Crippen LogP contribution in [0.2, 0.25) is 0 Å². The zero-order valence-corrected chi connectivity index (χ0v) is 24.8. The minimum Gasteiger partial charge on any atom is -0.497 e. The maximum atomic E-state index is 12.5. The Morgan fingerprint density at radius 1 is 1.00 bits per heavy atom. The summed E-state index contributed by atoms with van der Waals surface area (Å²) in [6, 6.07) is 18.2. The van der Waals surface area contributed by atoms with Crippen molar-refractivity contribution >= 4 is 29.2 Å². The van der Waals surface area contributed by atoms with Crippen molar-refractivity contribution in [1.82, 2.24) is 15.3 Å². The lowest BCUT2D eigenvalue weighted by Gasteiger charge is -2.37. The lowest BCUT2D eigenvalue weighted by molar-refractivity contribution is 0.0949. The molecule has 4 rings (SSSR count). The Bertz CT molecular complexity index is 1250. The number of amides is 1. The van der Waals surface area contributed by atoms with E-state index in [0.29, 0.717) is 23.8 Å². The van der Waals surface area contributed by atoms with Crippen molar-refractivity contribution < 1.29 is 9.53 Å². The highest BCUT2D eigenvalue weighted by Gasteiger charge is 2.23. The van der Waals surface area contributed by atoms with Crippen LogP contribution in [0, 0.1) is 5.92 Å². The van der Waals surface area contributed by atoms with Crippen molar-refractivity contribution in [3.05, 3.63) is 71.4 Å². The van der Waals surface area contributed by atoms with Crippen molar-refractivity contribution in [2.24, 2.45) is 5.92 Å². The highest BCUT2D eigenvalue weighted by molar-refractivity contribution is 7.98. The van der Waals surface area contributed by atoms with Crippen LogP contribution in [0.15, 0.2) is 59.8 Å². The fourth-order valence-corrected chi connectivity index (χ4v) is 5.16. The molecule has 0 unspecified atom stereocenters. The predicted octanol–water partition coefficient (Wildman–Crippen LogP) is 5.79. The standard InChI is InChI=1S/C31H41N5O2S/c1-22(2)20-32-29(37)24-9-7-8-23(18-24)21-39-30-33-27(31(3,4)5)19-28(34-30)36-16-14-35(15-17-36)25-10-12-26(38-6)13-11-25/h7-13,18-19,22H,14-17,20-21H2,1-6H3,(H,32,37). The van der Waals surface area contributed by atoms with Crippen LogP contribution < -0.4 is 19.9 Å². The van der Waals surface area contributed by atoms with Crippen molar-refractivity contribution in [2.45, 2.75) is 50.9 Å². The van der Waals surface area contributed by atoms with Gasteiger partial charge < -0.3 is 19.9 Å². The van der Waals surface area contributed by atoms with Gasteiger partial charge in [-0.05, 0) is 47.9 Å². The maximum Gasteiger partial charge on any atom is 0.251 e. The number of carbonyl (C=O) groups excluding carboxylic acids is 1. The molecule has 2 heterocycles. The number of aromatic nitrogens is 2. The van der Waals surface area contributed by atoms with Crippen LogP contribution >= 0.6 is 11.8 Å². The summed E-state index contributed by atoms with van der Waals surface area (Å²) in [4.78, 5) is 27.2. The largest absolute Gasteiger partial charge is 0.497 e. The van der Waals surface area contributed by atoms with Crippen LogP contribution in [0.1, 0.15) is 56.2 Å². The van der Waals surface area contributed by atoms with Crippen molar-refractivity contribution in [3.8, 4) is 5.75 Å². The van der Waals surface area contributed by atoms with Crippen LogP contribution in [-0.2, 0) is 11.2 Å². The Kier molecular flexibility index (Phi) is 9.38. The van der Waals surface area contributed by atoms with E-state index >= 15 is 0 Å². The molecule has 0 saturated carbocycles. The predicted molar refractivity (Wildman–Crippen MR) is 161 cm³/mol. The first-order valence-electron chi connectivity index (χ1n) is 13.7. The second-order valence-corrected chi connectivity index (χ2v) is 12.4. The van der Waals surface area contributed by atoms with E-state index in [1.165, 1.54) is 5.69 Å². The third kappa shape index (κ3) is 7.88. The molecule has 39 heavy (non-hydrogen) atoms. The lowest BCUT2D eigenvalue weighted by Crippen LogP contribution is -2.47. The lowest BCUT2D eigenvalue weighted by atomic mass is 9.92. The number of rotatable bonds is 9. The quantitative estimate of drug-likeness (QED) is 0.269. The molecule has 0 spiro atoms. The Morgan fingerprint density at radius 3 is 2.33 bits per heavy atom. The zero-order chi connectivity index (χ0) is 28.0. The molecule has 1 N–H and O–H groups in total. The summed E-state index contributed by atoms with van der Waals surface area (Å²) in [7, 11) is 1.69. The van der Waals surface area contributed by atoms with Gasteiger partial charge in [0, 0.05) is 61.2 Å². The molecule has 0 aliphatic carbocycles. The van der Waals surface area contributed by atoms with E-state index in [4.69, 9.17) is 14.7 Å². The SMILES string of the molecule is COc1ccc(N2CCN(c3cc(C(C)(C)C)nc(SCc4cccc(C(=O)NCC(C)C)c4)n3)CC2)cc1. The number of benzene rings is 2. The van der Waals surface area contributed by atoms with Gasteiger partial charge in [-0.25, -0.2) is 9.97 Å². The monoisotopic (exact) mass is 547 g/mol. The fourth-order valence-electron chi connectivity index (χ4n) is 4.36. The number of piperazine rings is 1. The molecule has 0 atom stereocenters. The summed E-state index contributed by atoms with van der Waals surface area (Å²) < 4.78 is 5.30. The van der Waals surface area contributed by atoms with E-state index in [2.05, 4.69) is 74.0 Å². The van der Waals surface area contributed by atoms with Crippen LogP contribution in [0.3, 0.4) is 0 Å². The third-order valence-electron chi connectivity index (χ3n) is 6.73. The summed E-state index contributed by atoms with van der Waals surface area (Å²) in [5.74, 6) is 2.94. The normalized spacial score (nSPS) is 14.0. The number of nitrogens with zero attached hydrogens (tertiary/aromatic N) is 4. The molecule has 8 heteroatoms. The molecule has 1 aliphatic rings. The first-order valence-corrected chi connectivity index (χ1v) is 14.6. The molecule has 3 aromatic rings. The number of thioether (sulfide) groups is 1. The van der Waals surface area contributed by atoms with Gasteiger partial charge in [-0.3, -0.25) is 4.79 Å². The summed E-state index contributed by atoms with van der Waals surface area (Å²) in [5.41, 5.74) is 3.93. The molecule has 0 radical (unpaired) electrons. The summed E-state index contributed by atoms with van der Waals surface area (Å²) >= 11 is 1.62. The highest BCUT2D eigenvalue weighted by atomic mass is 32.2. The average molecular weight is 548 g/mol. The second kappa shape index (κ2) is 12.7. The molecular weight excluding hydrogens is 506 g/mol. The molecule has 7 nitrogen and oxygen atoms in total. The van der Waals surface area contributed by atoms with Gasteiger partial charge in [-0.2, -0.15) is 0 Å². The molecule has 0 bridgehead atoms. The molecule has 1 fully saturated rings. The number of hydrogen-bond acceptors (Lipinski definition) is 7. The smallest absolute Gasteiger partial charge is 0.251 e. The van der Waals surface area contributed by atoms with Gasteiger partial charge in [0.25, 0.3) is 5.91 Å². The Hall–Kier alpha value is -3.26. The minimum atomic E-state index is -0.0909. The van der Waals surface area contributed by atoms with E-state index in [0.717, 1.165) is 54.2 Å². The van der Waals surface area contributed by atoms with Crippen molar-refractivity contribution in [3.63, 3.8) is 0 Å². The first-order chi connectivity index (χ1) is 18.6. The summed E-state index contributed by atoms with van der Waals surface area (Å²) in [6.45, 7) is 15.1. The summed E-state index contributed by atoms with van der Waals surface area (Å²) in [5, 5.41) is 3.77. The van der Waals surface area contributed by atoms with Gasteiger partial charge in [0.15, 0.2) is 5.16 Å². The van der Waals surface area contributed by atoms with Gasteiger partial charge >= 0.3 is 0 Å². The van der Waals surface area contributed by atoms with Crippen LogP contribution in [0.4, 0.5) is 11.5 Å². The number of anilines is 2. The average Bonchev–Trinajstić information content (AvgIpc) is 2.94. The number of hydrogen-bond donors (Lipinski definition) is 1. The number of ether oxygens (including phenoxy) is 1.